The van der Waals surface area contributed by atoms with Crippen LogP contribution in [0.2, 0.25) is 5.02 Å². The first-order valence-corrected chi connectivity index (χ1v) is 12.8. The van der Waals surface area contributed by atoms with Gasteiger partial charge >= 0.3 is 0 Å². The summed E-state index contributed by atoms with van der Waals surface area (Å²) in [6.07, 6.45) is 2.63. The third-order valence-electron chi connectivity index (χ3n) is 5.68. The number of carbonyl (C=O) groups excluding carboxylic acids is 2. The average molecular weight is 554 g/mol. The Balaban J connectivity index is 1.75. The number of hydrogen-bond acceptors (Lipinski definition) is 9. The van der Waals surface area contributed by atoms with E-state index in [-0.39, 0.29) is 50.4 Å². The summed E-state index contributed by atoms with van der Waals surface area (Å²) in [5.74, 6) is -0.910. The molecule has 1 atom stereocenters. The number of nitriles is 1. The van der Waals surface area contributed by atoms with Crippen LogP contribution >= 0.6 is 11.6 Å². The molecule has 4 rings (SSSR count). The van der Waals surface area contributed by atoms with E-state index in [1.807, 2.05) is 6.07 Å². The zero-order chi connectivity index (χ0) is 27.6. The van der Waals surface area contributed by atoms with Crippen LogP contribution in [0.5, 0.6) is 0 Å². The van der Waals surface area contributed by atoms with Crippen molar-refractivity contribution in [1.82, 2.24) is 15.3 Å². The zero-order valence-electron chi connectivity index (χ0n) is 20.0. The highest BCUT2D eigenvalue weighted by molar-refractivity contribution is 7.85. The Bertz CT molecular complexity index is 1640. The van der Waals surface area contributed by atoms with Gasteiger partial charge in [-0.15, -0.1) is 0 Å². The second-order valence-corrected chi connectivity index (χ2v) is 10.00. The van der Waals surface area contributed by atoms with Crippen molar-refractivity contribution >= 4 is 50.8 Å². The van der Waals surface area contributed by atoms with E-state index in [0.717, 1.165) is 12.1 Å². The highest BCUT2D eigenvalue weighted by Crippen LogP contribution is 2.32. The largest absolute Gasteiger partial charge is 0.355 e. The standard InChI is InChI=1S/C24H20ClN7O5S/c1-13-8-14(12-26)9-16(23(33)27-2)21(13)30-24(34)20-11-19(18-10-15(5-7-28-18)38(35,36)37)31-32(20)22-17(25)4-3-6-29-22/h3-10,20H,11H2,1-2H3,(H,27,33)(H,30,34)(H,35,36,37). The van der Waals surface area contributed by atoms with Gasteiger partial charge in [-0.25, -0.2) is 9.99 Å². The van der Waals surface area contributed by atoms with Crippen LogP contribution < -0.4 is 15.6 Å². The second-order valence-electron chi connectivity index (χ2n) is 8.17. The van der Waals surface area contributed by atoms with Gasteiger partial charge in [-0.1, -0.05) is 11.6 Å². The van der Waals surface area contributed by atoms with E-state index in [9.17, 15) is 27.8 Å². The molecule has 0 saturated heterocycles. The predicted molar refractivity (Wildman–Crippen MR) is 139 cm³/mol. The van der Waals surface area contributed by atoms with E-state index in [2.05, 4.69) is 25.7 Å². The molecule has 14 heteroatoms. The van der Waals surface area contributed by atoms with Gasteiger partial charge in [0.2, 0.25) is 5.91 Å². The number of anilines is 2. The summed E-state index contributed by atoms with van der Waals surface area (Å²) in [6.45, 7) is 1.65. The fourth-order valence-corrected chi connectivity index (χ4v) is 4.58. The normalized spacial score (nSPS) is 15.0. The third-order valence-corrected chi connectivity index (χ3v) is 6.82. The maximum Gasteiger partial charge on any atom is 0.294 e. The maximum atomic E-state index is 13.6. The SMILES string of the molecule is CNC(=O)c1cc(C#N)cc(C)c1NC(=O)C1CC(c2cc(S(=O)(=O)O)ccn2)=NN1c1ncccc1Cl. The number of hydrogen-bond donors (Lipinski definition) is 3. The van der Waals surface area contributed by atoms with E-state index in [1.54, 1.807) is 19.1 Å². The number of benzene rings is 1. The first kappa shape index (κ1) is 26.7. The Kier molecular flexibility index (Phi) is 7.40. The monoisotopic (exact) mass is 553 g/mol. The molecule has 2 amide bonds. The van der Waals surface area contributed by atoms with E-state index in [4.69, 9.17) is 11.6 Å². The fraction of sp³-hybridized carbons (Fsp3) is 0.167. The zero-order valence-corrected chi connectivity index (χ0v) is 21.6. The van der Waals surface area contributed by atoms with Gasteiger partial charge in [0.1, 0.15) is 6.04 Å². The van der Waals surface area contributed by atoms with Gasteiger partial charge in [0.25, 0.3) is 16.0 Å². The number of rotatable bonds is 6. The van der Waals surface area contributed by atoms with E-state index < -0.39 is 28.0 Å². The highest BCUT2D eigenvalue weighted by Gasteiger charge is 2.37. The lowest BCUT2D eigenvalue weighted by Gasteiger charge is -2.23. The Labute approximate surface area is 222 Å². The van der Waals surface area contributed by atoms with E-state index in [0.29, 0.717) is 5.56 Å². The molecule has 194 valence electrons. The van der Waals surface area contributed by atoms with Crippen LogP contribution in [0, 0.1) is 18.3 Å². The van der Waals surface area contributed by atoms with Crippen LogP contribution in [0.25, 0.3) is 0 Å². The summed E-state index contributed by atoms with van der Waals surface area (Å²) in [7, 11) is -3.08. The van der Waals surface area contributed by atoms with Crippen molar-refractivity contribution in [2.45, 2.75) is 24.3 Å². The highest BCUT2D eigenvalue weighted by atomic mass is 35.5. The predicted octanol–water partition coefficient (Wildman–Crippen LogP) is 2.54. The number of amides is 2. The van der Waals surface area contributed by atoms with Crippen molar-refractivity contribution in [2.75, 3.05) is 17.4 Å². The van der Waals surface area contributed by atoms with Crippen LogP contribution in [-0.2, 0) is 14.9 Å². The number of aryl methyl sites for hydroxylation is 1. The van der Waals surface area contributed by atoms with Crippen LogP contribution in [0.4, 0.5) is 11.5 Å². The third kappa shape index (κ3) is 5.32. The molecule has 0 bridgehead atoms. The lowest BCUT2D eigenvalue weighted by atomic mass is 10.0. The number of pyridine rings is 2. The van der Waals surface area contributed by atoms with E-state index in [1.165, 1.54) is 36.6 Å². The van der Waals surface area contributed by atoms with Gasteiger partial charge in [0.05, 0.1) is 44.2 Å². The van der Waals surface area contributed by atoms with Gasteiger partial charge < -0.3 is 10.6 Å². The summed E-state index contributed by atoms with van der Waals surface area (Å²) < 4.78 is 32.7. The van der Waals surface area contributed by atoms with Gasteiger partial charge in [0, 0.05) is 25.9 Å². The van der Waals surface area contributed by atoms with Crippen molar-refractivity contribution in [1.29, 1.82) is 5.26 Å². The van der Waals surface area contributed by atoms with Crippen LogP contribution in [0.3, 0.4) is 0 Å². The van der Waals surface area contributed by atoms with Gasteiger partial charge in [-0.05, 0) is 48.9 Å². The molecule has 2 aromatic heterocycles. The summed E-state index contributed by atoms with van der Waals surface area (Å²) >= 11 is 6.34. The molecule has 0 spiro atoms. The summed E-state index contributed by atoms with van der Waals surface area (Å²) in [5.41, 5.74) is 1.40. The molecule has 1 unspecified atom stereocenters. The van der Waals surface area contributed by atoms with Gasteiger partial charge in [-0.2, -0.15) is 18.8 Å². The first-order chi connectivity index (χ1) is 18.0. The number of nitrogens with one attached hydrogen (secondary N) is 2. The molecule has 1 aliphatic rings. The fourth-order valence-electron chi connectivity index (χ4n) is 3.88. The maximum absolute atomic E-state index is 13.6. The van der Waals surface area contributed by atoms with Gasteiger partial charge in [-0.3, -0.25) is 19.1 Å². The van der Waals surface area contributed by atoms with Crippen molar-refractivity contribution in [3.8, 4) is 6.07 Å². The number of halogens is 1. The van der Waals surface area contributed by atoms with E-state index >= 15 is 0 Å². The Morgan fingerprint density at radius 2 is 1.97 bits per heavy atom. The number of hydrazone groups is 1. The van der Waals surface area contributed by atoms with Crippen LogP contribution in [-0.4, -0.2) is 53.6 Å². The summed E-state index contributed by atoms with van der Waals surface area (Å²) in [4.78, 5) is 34.2. The lowest BCUT2D eigenvalue weighted by Crippen LogP contribution is -2.39. The minimum absolute atomic E-state index is 0.0364. The molecular formula is C24H20ClN7O5S. The Morgan fingerprint density at radius 3 is 2.63 bits per heavy atom. The molecule has 12 nitrogen and oxygen atoms in total. The quantitative estimate of drug-likeness (QED) is 0.387. The molecule has 3 heterocycles. The second kappa shape index (κ2) is 10.5. The summed E-state index contributed by atoms with van der Waals surface area (Å²) in [6, 6.07) is 9.31. The lowest BCUT2D eigenvalue weighted by molar-refractivity contribution is -0.117. The van der Waals surface area contributed by atoms with Gasteiger partial charge in [0.15, 0.2) is 5.82 Å². The molecular weight excluding hydrogens is 534 g/mol. The summed E-state index contributed by atoms with van der Waals surface area (Å²) in [5, 5.41) is 20.5. The van der Waals surface area contributed by atoms with Crippen LogP contribution in [0.1, 0.15) is 33.6 Å². The molecule has 1 aromatic carbocycles. The molecule has 3 N–H and O–H groups in total. The molecule has 38 heavy (non-hydrogen) atoms. The molecule has 1 aliphatic heterocycles. The Hall–Kier alpha value is -4.38. The molecule has 0 fully saturated rings. The van der Waals surface area contributed by atoms with Crippen LogP contribution in [0.15, 0.2) is 58.8 Å². The number of nitrogens with zero attached hydrogens (tertiary/aromatic N) is 5. The topological polar surface area (TPSA) is 178 Å². The van der Waals surface area contributed by atoms with Crippen molar-refractivity contribution in [3.05, 3.63) is 76.2 Å². The first-order valence-electron chi connectivity index (χ1n) is 11.0. The minimum atomic E-state index is -4.51. The average Bonchev–Trinajstić information content (AvgIpc) is 3.34. The van der Waals surface area contributed by atoms with Crippen molar-refractivity contribution in [2.24, 2.45) is 5.10 Å². The Morgan fingerprint density at radius 1 is 1.21 bits per heavy atom. The number of aromatic nitrogens is 2. The molecule has 0 radical (unpaired) electrons. The van der Waals surface area contributed by atoms with Crippen molar-refractivity contribution in [3.63, 3.8) is 0 Å². The van der Waals surface area contributed by atoms with Crippen molar-refractivity contribution < 1.29 is 22.6 Å². The number of carbonyl (C=O) groups is 2. The molecule has 3 aromatic rings. The smallest absolute Gasteiger partial charge is 0.294 e. The minimum Gasteiger partial charge on any atom is -0.355 e. The molecule has 0 aliphatic carbocycles. The molecule has 0 saturated carbocycles.